The normalized spacial score (nSPS) is 20.5. The average molecular weight is 262 g/mol. The first-order chi connectivity index (χ1) is 7.28. The third-order valence-corrected chi connectivity index (χ3v) is 4.04. The summed E-state index contributed by atoms with van der Waals surface area (Å²) in [5.74, 6) is 3.22. The highest BCUT2D eigenvalue weighted by atomic mass is 35.5. The second-order valence-electron chi connectivity index (χ2n) is 3.27. The van der Waals surface area contributed by atoms with Gasteiger partial charge in [0.25, 0.3) is 0 Å². The lowest BCUT2D eigenvalue weighted by Crippen LogP contribution is -2.19. The van der Waals surface area contributed by atoms with Crippen molar-refractivity contribution in [3.8, 4) is 0 Å². The molecule has 0 spiro atoms. The molecule has 1 N–H and O–H groups in total. The largest absolute Gasteiger partial charge is 0.366 e. The van der Waals surface area contributed by atoms with Gasteiger partial charge in [0.05, 0.1) is 0 Å². The molecule has 2 rings (SSSR count). The van der Waals surface area contributed by atoms with E-state index >= 15 is 0 Å². The zero-order valence-electron chi connectivity index (χ0n) is 8.36. The molecule has 1 saturated heterocycles. The molecule has 1 aromatic heterocycles. The van der Waals surface area contributed by atoms with Crippen molar-refractivity contribution >= 4 is 40.9 Å². The van der Waals surface area contributed by atoms with Gasteiger partial charge in [-0.3, -0.25) is 0 Å². The number of nitrogens with zero attached hydrogens (tertiary/aromatic N) is 2. The maximum absolute atomic E-state index is 5.90. The van der Waals surface area contributed by atoms with E-state index in [1.807, 2.05) is 18.0 Å². The van der Waals surface area contributed by atoms with Gasteiger partial charge in [-0.25, -0.2) is 9.97 Å². The second kappa shape index (κ2) is 5.27. The van der Waals surface area contributed by atoms with Crippen molar-refractivity contribution in [1.82, 2.24) is 9.97 Å². The maximum atomic E-state index is 5.90. The van der Waals surface area contributed by atoms with Crippen molar-refractivity contribution in [2.24, 2.45) is 0 Å². The minimum absolute atomic E-state index is 0.502. The van der Waals surface area contributed by atoms with Crippen LogP contribution in [-0.4, -0.2) is 33.8 Å². The summed E-state index contributed by atoms with van der Waals surface area (Å²) in [5, 5.41) is 4.61. The van der Waals surface area contributed by atoms with Gasteiger partial charge in [-0.05, 0) is 18.4 Å². The topological polar surface area (TPSA) is 37.8 Å². The molecule has 1 atom stereocenters. The van der Waals surface area contributed by atoms with Crippen molar-refractivity contribution in [1.29, 1.82) is 0 Å². The van der Waals surface area contributed by atoms with Crippen LogP contribution in [0.2, 0.25) is 5.15 Å². The zero-order valence-corrected chi connectivity index (χ0v) is 10.8. The molecule has 0 bridgehead atoms. The summed E-state index contributed by atoms with van der Waals surface area (Å²) in [4.78, 5) is 8.46. The standard InChI is InChI=1S/C9H12ClN3S2/c1-14-9-12-7(10)4-8(13-9)11-6-2-3-15-5-6/h4,6H,2-3,5H2,1H3,(H,11,12,13). The predicted octanol–water partition coefficient (Wildman–Crippen LogP) is 2.77. The maximum Gasteiger partial charge on any atom is 0.190 e. The number of anilines is 1. The van der Waals surface area contributed by atoms with Gasteiger partial charge in [-0.1, -0.05) is 23.4 Å². The van der Waals surface area contributed by atoms with Gasteiger partial charge in [0.15, 0.2) is 5.16 Å². The van der Waals surface area contributed by atoms with E-state index in [-0.39, 0.29) is 0 Å². The molecule has 6 heteroatoms. The van der Waals surface area contributed by atoms with Crippen LogP contribution in [0.25, 0.3) is 0 Å². The fraction of sp³-hybridized carbons (Fsp3) is 0.556. The van der Waals surface area contributed by atoms with Gasteiger partial charge in [-0.15, -0.1) is 0 Å². The summed E-state index contributed by atoms with van der Waals surface area (Å²) >= 11 is 9.38. The highest BCUT2D eigenvalue weighted by molar-refractivity contribution is 7.99. The fourth-order valence-corrected chi connectivity index (χ4v) is 3.18. The lowest BCUT2D eigenvalue weighted by Gasteiger charge is -2.12. The van der Waals surface area contributed by atoms with E-state index in [1.54, 1.807) is 6.07 Å². The van der Waals surface area contributed by atoms with Gasteiger partial charge in [0.1, 0.15) is 11.0 Å². The van der Waals surface area contributed by atoms with Gasteiger partial charge in [-0.2, -0.15) is 11.8 Å². The quantitative estimate of drug-likeness (QED) is 0.515. The summed E-state index contributed by atoms with van der Waals surface area (Å²) in [6.45, 7) is 0. The SMILES string of the molecule is CSc1nc(Cl)cc(NC2CCSC2)n1. The molecule has 82 valence electrons. The van der Waals surface area contributed by atoms with Crippen LogP contribution in [0.3, 0.4) is 0 Å². The summed E-state index contributed by atoms with van der Waals surface area (Å²) < 4.78 is 0. The average Bonchev–Trinajstić information content (AvgIpc) is 2.69. The highest BCUT2D eigenvalue weighted by Gasteiger charge is 2.16. The molecular formula is C9H12ClN3S2. The molecule has 0 aliphatic carbocycles. The second-order valence-corrected chi connectivity index (χ2v) is 5.58. The van der Waals surface area contributed by atoms with Crippen molar-refractivity contribution in [2.75, 3.05) is 23.1 Å². The Kier molecular flexibility index (Phi) is 3.99. The van der Waals surface area contributed by atoms with Crippen LogP contribution in [-0.2, 0) is 0 Å². The van der Waals surface area contributed by atoms with E-state index in [1.165, 1.54) is 23.9 Å². The molecule has 1 aliphatic heterocycles. The number of thioether (sulfide) groups is 2. The van der Waals surface area contributed by atoms with E-state index in [0.29, 0.717) is 11.2 Å². The van der Waals surface area contributed by atoms with Crippen LogP contribution >= 0.6 is 35.1 Å². The van der Waals surface area contributed by atoms with Gasteiger partial charge in [0, 0.05) is 17.9 Å². The minimum Gasteiger partial charge on any atom is -0.366 e. The molecular weight excluding hydrogens is 250 g/mol. The van der Waals surface area contributed by atoms with Gasteiger partial charge in [0.2, 0.25) is 0 Å². The third kappa shape index (κ3) is 3.16. The molecule has 15 heavy (non-hydrogen) atoms. The van der Waals surface area contributed by atoms with E-state index in [9.17, 15) is 0 Å². The summed E-state index contributed by atoms with van der Waals surface area (Å²) in [7, 11) is 0. The molecule has 1 aromatic rings. The van der Waals surface area contributed by atoms with E-state index in [2.05, 4.69) is 15.3 Å². The van der Waals surface area contributed by atoms with Crippen LogP contribution in [0.5, 0.6) is 0 Å². The van der Waals surface area contributed by atoms with Crippen LogP contribution in [0.15, 0.2) is 11.2 Å². The Morgan fingerprint density at radius 2 is 2.47 bits per heavy atom. The number of hydrogen-bond acceptors (Lipinski definition) is 5. The molecule has 2 heterocycles. The third-order valence-electron chi connectivity index (χ3n) is 2.14. The molecule has 0 aromatic carbocycles. The molecule has 0 amide bonds. The van der Waals surface area contributed by atoms with Crippen molar-refractivity contribution in [3.05, 3.63) is 11.2 Å². The molecule has 1 unspecified atom stereocenters. The highest BCUT2D eigenvalue weighted by Crippen LogP contribution is 2.23. The van der Waals surface area contributed by atoms with Crippen molar-refractivity contribution in [3.63, 3.8) is 0 Å². The van der Waals surface area contributed by atoms with Crippen LogP contribution in [0.4, 0.5) is 5.82 Å². The number of nitrogens with one attached hydrogen (secondary N) is 1. The summed E-state index contributed by atoms with van der Waals surface area (Å²) in [5.41, 5.74) is 0. The van der Waals surface area contributed by atoms with E-state index in [4.69, 9.17) is 11.6 Å². The Morgan fingerprint density at radius 3 is 3.13 bits per heavy atom. The Labute approximate surface area is 103 Å². The smallest absolute Gasteiger partial charge is 0.190 e. The van der Waals surface area contributed by atoms with Gasteiger partial charge >= 0.3 is 0 Å². The predicted molar refractivity (Wildman–Crippen MR) is 68.2 cm³/mol. The Bertz CT molecular complexity index is 342. The van der Waals surface area contributed by atoms with E-state index < -0.39 is 0 Å². The monoisotopic (exact) mass is 261 g/mol. The zero-order chi connectivity index (χ0) is 10.7. The number of rotatable bonds is 3. The molecule has 0 saturated carbocycles. The lowest BCUT2D eigenvalue weighted by atomic mass is 10.2. The first-order valence-corrected chi connectivity index (χ1v) is 7.46. The first-order valence-electron chi connectivity index (χ1n) is 4.71. The lowest BCUT2D eigenvalue weighted by molar-refractivity contribution is 0.798. The number of halogens is 1. The minimum atomic E-state index is 0.502. The summed E-state index contributed by atoms with van der Waals surface area (Å²) in [6.07, 6.45) is 3.14. The molecule has 1 fully saturated rings. The van der Waals surface area contributed by atoms with Gasteiger partial charge < -0.3 is 5.32 Å². The van der Waals surface area contributed by atoms with Crippen molar-refractivity contribution < 1.29 is 0 Å². The Hall–Kier alpha value is -0.130. The number of hydrogen-bond donors (Lipinski definition) is 1. The molecule has 0 radical (unpaired) electrons. The Morgan fingerprint density at radius 1 is 1.60 bits per heavy atom. The van der Waals surface area contributed by atoms with Crippen LogP contribution < -0.4 is 5.32 Å². The Balaban J connectivity index is 2.09. The van der Waals surface area contributed by atoms with Crippen LogP contribution in [0, 0.1) is 0 Å². The first kappa shape index (κ1) is 11.4. The van der Waals surface area contributed by atoms with E-state index in [0.717, 1.165) is 16.7 Å². The van der Waals surface area contributed by atoms with Crippen molar-refractivity contribution in [2.45, 2.75) is 17.6 Å². The molecule has 1 aliphatic rings. The number of aromatic nitrogens is 2. The fourth-order valence-electron chi connectivity index (χ4n) is 1.42. The summed E-state index contributed by atoms with van der Waals surface area (Å²) in [6, 6.07) is 2.31. The molecule has 3 nitrogen and oxygen atoms in total. The van der Waals surface area contributed by atoms with Crippen LogP contribution in [0.1, 0.15) is 6.42 Å².